The molecule has 0 unspecified atom stereocenters. The second-order valence-electron chi connectivity index (χ2n) is 4.03. The van der Waals surface area contributed by atoms with Crippen molar-refractivity contribution < 1.29 is 0 Å². The summed E-state index contributed by atoms with van der Waals surface area (Å²) in [5.41, 5.74) is 3.85. The SMILES string of the molecule is CNCc1cc(-n2nnc3ccccc32)ccn1. The molecule has 2 aromatic heterocycles. The van der Waals surface area contributed by atoms with Crippen LogP contribution in [0.15, 0.2) is 42.6 Å². The van der Waals surface area contributed by atoms with E-state index in [2.05, 4.69) is 20.6 Å². The van der Waals surface area contributed by atoms with Crippen LogP contribution in [-0.2, 0) is 6.54 Å². The summed E-state index contributed by atoms with van der Waals surface area (Å²) in [6.45, 7) is 0.737. The molecule has 0 aliphatic rings. The number of nitrogens with zero attached hydrogens (tertiary/aromatic N) is 4. The smallest absolute Gasteiger partial charge is 0.113 e. The van der Waals surface area contributed by atoms with E-state index in [1.165, 1.54) is 0 Å². The van der Waals surface area contributed by atoms with Crippen LogP contribution < -0.4 is 5.32 Å². The lowest BCUT2D eigenvalue weighted by Crippen LogP contribution is -2.08. The van der Waals surface area contributed by atoms with Crippen LogP contribution >= 0.6 is 0 Å². The van der Waals surface area contributed by atoms with E-state index in [1.807, 2.05) is 48.1 Å². The summed E-state index contributed by atoms with van der Waals surface area (Å²) in [7, 11) is 1.90. The molecule has 0 aliphatic carbocycles. The molecule has 3 aromatic rings. The van der Waals surface area contributed by atoms with Gasteiger partial charge in [-0.3, -0.25) is 4.98 Å². The molecule has 0 atom stereocenters. The molecule has 0 aliphatic heterocycles. The molecule has 1 N–H and O–H groups in total. The van der Waals surface area contributed by atoms with E-state index >= 15 is 0 Å². The predicted molar refractivity (Wildman–Crippen MR) is 69.4 cm³/mol. The third-order valence-corrected chi connectivity index (χ3v) is 2.75. The average molecular weight is 239 g/mol. The van der Waals surface area contributed by atoms with Crippen LogP contribution in [0, 0.1) is 0 Å². The van der Waals surface area contributed by atoms with Crippen molar-refractivity contribution in [3.05, 3.63) is 48.3 Å². The van der Waals surface area contributed by atoms with Gasteiger partial charge >= 0.3 is 0 Å². The minimum absolute atomic E-state index is 0.737. The van der Waals surface area contributed by atoms with E-state index < -0.39 is 0 Å². The van der Waals surface area contributed by atoms with E-state index in [9.17, 15) is 0 Å². The van der Waals surface area contributed by atoms with Gasteiger partial charge < -0.3 is 5.32 Å². The number of hydrogen-bond donors (Lipinski definition) is 1. The molecule has 2 heterocycles. The Kier molecular flexibility index (Phi) is 2.74. The van der Waals surface area contributed by atoms with E-state index in [-0.39, 0.29) is 0 Å². The minimum atomic E-state index is 0.737. The Morgan fingerprint density at radius 3 is 3.00 bits per heavy atom. The van der Waals surface area contributed by atoms with Crippen LogP contribution in [0.4, 0.5) is 0 Å². The fraction of sp³-hybridized carbons (Fsp3) is 0.154. The minimum Gasteiger partial charge on any atom is -0.314 e. The first kappa shape index (κ1) is 10.9. The Balaban J connectivity index is 2.11. The Hall–Kier alpha value is -2.27. The highest BCUT2D eigenvalue weighted by Crippen LogP contribution is 2.15. The number of nitrogens with one attached hydrogen (secondary N) is 1. The van der Waals surface area contributed by atoms with Gasteiger partial charge in [0.05, 0.1) is 16.9 Å². The number of pyridine rings is 1. The third kappa shape index (κ3) is 1.84. The number of fused-ring (bicyclic) bond motifs is 1. The maximum absolute atomic E-state index is 4.30. The topological polar surface area (TPSA) is 55.6 Å². The molecule has 3 rings (SSSR count). The van der Waals surface area contributed by atoms with Crippen LogP contribution in [0.3, 0.4) is 0 Å². The van der Waals surface area contributed by atoms with Crippen molar-refractivity contribution in [2.75, 3.05) is 7.05 Å². The van der Waals surface area contributed by atoms with Gasteiger partial charge in [-0.2, -0.15) is 0 Å². The molecule has 0 fully saturated rings. The molecule has 5 heteroatoms. The van der Waals surface area contributed by atoms with Crippen molar-refractivity contribution in [2.24, 2.45) is 0 Å². The van der Waals surface area contributed by atoms with Crippen LogP contribution in [0.1, 0.15) is 5.69 Å². The summed E-state index contributed by atoms with van der Waals surface area (Å²) < 4.78 is 1.83. The molecule has 0 bridgehead atoms. The van der Waals surface area contributed by atoms with E-state index in [0.717, 1.165) is 29.0 Å². The molecule has 1 aromatic carbocycles. The summed E-state index contributed by atoms with van der Waals surface area (Å²) in [5.74, 6) is 0. The monoisotopic (exact) mass is 239 g/mol. The molecule has 0 amide bonds. The summed E-state index contributed by atoms with van der Waals surface area (Å²) >= 11 is 0. The third-order valence-electron chi connectivity index (χ3n) is 2.75. The van der Waals surface area contributed by atoms with Crippen molar-refractivity contribution in [3.63, 3.8) is 0 Å². The zero-order valence-corrected chi connectivity index (χ0v) is 10.0. The van der Waals surface area contributed by atoms with Gasteiger partial charge in [0.2, 0.25) is 0 Å². The molecular formula is C13H13N5. The Bertz CT molecular complexity index is 674. The molecule has 18 heavy (non-hydrogen) atoms. The molecule has 0 radical (unpaired) electrons. The second-order valence-corrected chi connectivity index (χ2v) is 4.03. The quantitative estimate of drug-likeness (QED) is 0.753. The zero-order chi connectivity index (χ0) is 12.4. The van der Waals surface area contributed by atoms with Gasteiger partial charge in [0, 0.05) is 12.7 Å². The predicted octanol–water partition coefficient (Wildman–Crippen LogP) is 1.53. The lowest BCUT2D eigenvalue weighted by Gasteiger charge is -2.04. The first-order valence-electron chi connectivity index (χ1n) is 5.79. The molecule has 0 saturated heterocycles. The van der Waals surface area contributed by atoms with Gasteiger partial charge in [-0.05, 0) is 31.3 Å². The summed E-state index contributed by atoms with van der Waals surface area (Å²) in [5, 5.41) is 11.4. The van der Waals surface area contributed by atoms with Crippen molar-refractivity contribution in [3.8, 4) is 5.69 Å². The summed E-state index contributed by atoms with van der Waals surface area (Å²) in [6, 6.07) is 11.8. The number of rotatable bonds is 3. The molecule has 0 spiro atoms. The highest BCUT2D eigenvalue weighted by atomic mass is 15.4. The fourth-order valence-electron chi connectivity index (χ4n) is 1.93. The van der Waals surface area contributed by atoms with Crippen molar-refractivity contribution in [2.45, 2.75) is 6.54 Å². The van der Waals surface area contributed by atoms with Crippen LogP contribution in [-0.4, -0.2) is 27.0 Å². The van der Waals surface area contributed by atoms with Gasteiger partial charge in [-0.15, -0.1) is 5.10 Å². The standard InChI is InChI=1S/C13H13N5/c1-14-9-10-8-11(6-7-15-10)18-13-5-3-2-4-12(13)16-17-18/h2-8,14H,9H2,1H3. The van der Waals surface area contributed by atoms with Crippen molar-refractivity contribution in [1.29, 1.82) is 0 Å². The largest absolute Gasteiger partial charge is 0.314 e. The van der Waals surface area contributed by atoms with Gasteiger partial charge in [-0.25, -0.2) is 4.68 Å². The highest BCUT2D eigenvalue weighted by molar-refractivity contribution is 5.75. The summed E-state index contributed by atoms with van der Waals surface area (Å²) in [4.78, 5) is 4.30. The van der Waals surface area contributed by atoms with Gasteiger partial charge in [0.15, 0.2) is 0 Å². The van der Waals surface area contributed by atoms with Gasteiger partial charge in [0.25, 0.3) is 0 Å². The zero-order valence-electron chi connectivity index (χ0n) is 10.0. The van der Waals surface area contributed by atoms with E-state index in [0.29, 0.717) is 0 Å². The average Bonchev–Trinajstić information content (AvgIpc) is 2.83. The lowest BCUT2D eigenvalue weighted by molar-refractivity contribution is 0.779. The van der Waals surface area contributed by atoms with Crippen LogP contribution in [0.2, 0.25) is 0 Å². The lowest BCUT2D eigenvalue weighted by atomic mass is 10.3. The van der Waals surface area contributed by atoms with E-state index in [4.69, 9.17) is 0 Å². The Morgan fingerprint density at radius 1 is 1.22 bits per heavy atom. The maximum atomic E-state index is 4.30. The number of aromatic nitrogens is 4. The van der Waals surface area contributed by atoms with Crippen LogP contribution in [0.5, 0.6) is 0 Å². The maximum Gasteiger partial charge on any atom is 0.113 e. The normalized spacial score (nSPS) is 10.9. The molecule has 90 valence electrons. The Morgan fingerprint density at radius 2 is 2.11 bits per heavy atom. The van der Waals surface area contributed by atoms with Crippen molar-refractivity contribution >= 4 is 11.0 Å². The Labute approximate surface area is 104 Å². The molecule has 0 saturated carbocycles. The number of para-hydroxylation sites is 1. The van der Waals surface area contributed by atoms with Gasteiger partial charge in [-0.1, -0.05) is 17.3 Å². The number of hydrogen-bond acceptors (Lipinski definition) is 4. The highest BCUT2D eigenvalue weighted by Gasteiger charge is 2.06. The van der Waals surface area contributed by atoms with Crippen molar-refractivity contribution in [1.82, 2.24) is 25.3 Å². The molecular weight excluding hydrogens is 226 g/mol. The molecule has 5 nitrogen and oxygen atoms in total. The first-order valence-corrected chi connectivity index (χ1v) is 5.79. The fourth-order valence-corrected chi connectivity index (χ4v) is 1.93. The van der Waals surface area contributed by atoms with Crippen LogP contribution in [0.25, 0.3) is 16.7 Å². The van der Waals surface area contributed by atoms with Gasteiger partial charge in [0.1, 0.15) is 5.52 Å². The van der Waals surface area contributed by atoms with E-state index in [1.54, 1.807) is 6.20 Å². The first-order chi connectivity index (χ1) is 8.88. The summed E-state index contributed by atoms with van der Waals surface area (Å²) in [6.07, 6.45) is 1.79. The second kappa shape index (κ2) is 4.54. The number of benzene rings is 1.